The number of aryl methyl sites for hydroxylation is 1. The highest BCUT2D eigenvalue weighted by Crippen LogP contribution is 2.32. The van der Waals surface area contributed by atoms with E-state index in [4.69, 9.17) is 9.52 Å². The minimum absolute atomic E-state index is 0.0575. The van der Waals surface area contributed by atoms with Gasteiger partial charge in [0.15, 0.2) is 0 Å². The number of carbonyl (C=O) groups is 2. The van der Waals surface area contributed by atoms with Gasteiger partial charge in [-0.25, -0.2) is 4.79 Å². The van der Waals surface area contributed by atoms with Gasteiger partial charge in [-0.05, 0) is 55.0 Å². The molecule has 0 saturated heterocycles. The molecule has 1 amide bonds. The summed E-state index contributed by atoms with van der Waals surface area (Å²) >= 11 is 0. The molecule has 0 spiro atoms. The van der Waals surface area contributed by atoms with Gasteiger partial charge in [-0.2, -0.15) is 0 Å². The number of benzene rings is 2. The van der Waals surface area contributed by atoms with Crippen LogP contribution in [0.1, 0.15) is 21.7 Å². The molecule has 2 N–H and O–H groups in total. The summed E-state index contributed by atoms with van der Waals surface area (Å²) in [5.74, 6) is -0.924. The summed E-state index contributed by atoms with van der Waals surface area (Å²) in [5, 5.41) is 22.8. The molecule has 8 nitrogen and oxygen atoms in total. The Kier molecular flexibility index (Phi) is 5.54. The Morgan fingerprint density at radius 3 is 2.66 bits per heavy atom. The molecule has 0 atom stereocenters. The Bertz CT molecular complexity index is 1130. The second-order valence-electron chi connectivity index (χ2n) is 6.19. The van der Waals surface area contributed by atoms with Crippen molar-refractivity contribution in [2.75, 3.05) is 5.32 Å². The van der Waals surface area contributed by atoms with Gasteiger partial charge in [0.25, 0.3) is 5.69 Å². The molecule has 0 aliphatic carbocycles. The molecule has 1 heterocycles. The summed E-state index contributed by atoms with van der Waals surface area (Å²) in [6, 6.07) is 13.9. The number of hydrogen-bond donors (Lipinski definition) is 2. The van der Waals surface area contributed by atoms with Crippen LogP contribution in [0.15, 0.2) is 65.1 Å². The Morgan fingerprint density at radius 2 is 1.93 bits per heavy atom. The molecule has 3 aromatic rings. The number of carboxylic acid groups (broad SMARTS) is 1. The van der Waals surface area contributed by atoms with Crippen molar-refractivity contribution in [2.24, 2.45) is 0 Å². The third-order valence-corrected chi connectivity index (χ3v) is 4.02. The molecule has 0 unspecified atom stereocenters. The normalized spacial score (nSPS) is 10.8. The number of anilines is 1. The molecule has 0 bridgehead atoms. The van der Waals surface area contributed by atoms with Crippen LogP contribution in [-0.2, 0) is 4.79 Å². The van der Waals surface area contributed by atoms with Gasteiger partial charge in [0.1, 0.15) is 11.5 Å². The number of rotatable bonds is 6. The molecule has 146 valence electrons. The molecule has 1 aromatic heterocycles. The van der Waals surface area contributed by atoms with Crippen molar-refractivity contribution in [2.45, 2.75) is 6.92 Å². The minimum Gasteiger partial charge on any atom is -0.478 e. The predicted molar refractivity (Wildman–Crippen MR) is 107 cm³/mol. The van der Waals surface area contributed by atoms with Crippen LogP contribution in [0.4, 0.5) is 11.4 Å². The maximum atomic E-state index is 12.0. The molecule has 3 rings (SSSR count). The molecule has 8 heteroatoms. The topological polar surface area (TPSA) is 123 Å². The van der Waals surface area contributed by atoms with E-state index >= 15 is 0 Å². The highest BCUT2D eigenvalue weighted by molar-refractivity contribution is 6.02. The summed E-state index contributed by atoms with van der Waals surface area (Å²) in [6.45, 7) is 1.76. The summed E-state index contributed by atoms with van der Waals surface area (Å²) in [4.78, 5) is 33.8. The van der Waals surface area contributed by atoms with Crippen molar-refractivity contribution in [3.63, 3.8) is 0 Å². The Labute approximate surface area is 165 Å². The molecular formula is C21H16N2O6. The van der Waals surface area contributed by atoms with Crippen molar-refractivity contribution in [3.8, 4) is 11.3 Å². The van der Waals surface area contributed by atoms with Crippen LogP contribution in [0, 0.1) is 17.0 Å². The average molecular weight is 392 g/mol. The Balaban J connectivity index is 1.74. The van der Waals surface area contributed by atoms with Gasteiger partial charge < -0.3 is 14.8 Å². The van der Waals surface area contributed by atoms with Gasteiger partial charge in [0.2, 0.25) is 5.91 Å². The zero-order valence-corrected chi connectivity index (χ0v) is 15.3. The summed E-state index contributed by atoms with van der Waals surface area (Å²) in [5.41, 5.74) is 1.44. The number of aromatic carboxylic acids is 1. The third-order valence-electron chi connectivity index (χ3n) is 4.02. The van der Waals surface area contributed by atoms with Crippen LogP contribution in [0.5, 0.6) is 0 Å². The van der Waals surface area contributed by atoms with E-state index in [0.717, 1.165) is 5.56 Å². The standard InChI is InChI=1S/C21H16N2O6/c1-13-5-8-17(18(11-13)23(27)28)19-9-6-16(29-19)7-10-20(24)22-15-4-2-3-14(12-15)21(25)26/h2-12H,1H3,(H,22,24)(H,25,26)/b10-7+. The molecule has 0 aliphatic rings. The third kappa shape index (κ3) is 4.75. The summed E-state index contributed by atoms with van der Waals surface area (Å²) in [6.07, 6.45) is 2.64. The fourth-order valence-electron chi connectivity index (χ4n) is 2.66. The number of furan rings is 1. The van der Waals surface area contributed by atoms with E-state index < -0.39 is 16.8 Å². The van der Waals surface area contributed by atoms with Crippen LogP contribution >= 0.6 is 0 Å². The highest BCUT2D eigenvalue weighted by atomic mass is 16.6. The number of nitrogens with one attached hydrogen (secondary N) is 1. The second kappa shape index (κ2) is 8.22. The second-order valence-corrected chi connectivity index (χ2v) is 6.19. The first-order valence-electron chi connectivity index (χ1n) is 8.51. The van der Waals surface area contributed by atoms with Crippen molar-refractivity contribution in [1.29, 1.82) is 0 Å². The van der Waals surface area contributed by atoms with Crippen LogP contribution in [0.2, 0.25) is 0 Å². The van der Waals surface area contributed by atoms with Crippen molar-refractivity contribution in [3.05, 3.63) is 87.7 Å². The summed E-state index contributed by atoms with van der Waals surface area (Å²) in [7, 11) is 0. The smallest absolute Gasteiger partial charge is 0.335 e. The number of carbonyl (C=O) groups excluding carboxylic acids is 1. The largest absolute Gasteiger partial charge is 0.478 e. The lowest BCUT2D eigenvalue weighted by molar-refractivity contribution is -0.384. The van der Waals surface area contributed by atoms with Crippen LogP contribution in [0.25, 0.3) is 17.4 Å². The molecular weight excluding hydrogens is 376 g/mol. The molecule has 0 radical (unpaired) electrons. The highest BCUT2D eigenvalue weighted by Gasteiger charge is 2.18. The Hall–Kier alpha value is -4.20. The van der Waals surface area contributed by atoms with Crippen LogP contribution in [-0.4, -0.2) is 21.9 Å². The lowest BCUT2D eigenvalue weighted by Crippen LogP contribution is -2.08. The van der Waals surface area contributed by atoms with E-state index in [1.165, 1.54) is 36.4 Å². The van der Waals surface area contributed by atoms with Crippen molar-refractivity contribution in [1.82, 2.24) is 0 Å². The van der Waals surface area contributed by atoms with E-state index in [0.29, 0.717) is 22.8 Å². The quantitative estimate of drug-likeness (QED) is 0.361. The van der Waals surface area contributed by atoms with Crippen LogP contribution < -0.4 is 5.32 Å². The van der Waals surface area contributed by atoms with Crippen LogP contribution in [0.3, 0.4) is 0 Å². The lowest BCUT2D eigenvalue weighted by atomic mass is 10.1. The summed E-state index contributed by atoms with van der Waals surface area (Å²) < 4.78 is 5.60. The molecule has 0 aliphatic heterocycles. The zero-order chi connectivity index (χ0) is 21.0. The molecule has 0 saturated carbocycles. The minimum atomic E-state index is -1.09. The van der Waals surface area contributed by atoms with E-state index in [2.05, 4.69) is 5.32 Å². The van der Waals surface area contributed by atoms with E-state index in [1.807, 2.05) is 0 Å². The van der Waals surface area contributed by atoms with Gasteiger partial charge in [-0.1, -0.05) is 12.1 Å². The Morgan fingerprint density at radius 1 is 1.14 bits per heavy atom. The number of nitrogens with zero attached hydrogens (tertiary/aromatic N) is 1. The fourth-order valence-corrected chi connectivity index (χ4v) is 2.66. The van der Waals surface area contributed by atoms with E-state index in [1.54, 1.807) is 37.3 Å². The van der Waals surface area contributed by atoms with Gasteiger partial charge in [-0.15, -0.1) is 0 Å². The lowest BCUT2D eigenvalue weighted by Gasteiger charge is -2.03. The average Bonchev–Trinajstić information content (AvgIpc) is 3.15. The van der Waals surface area contributed by atoms with E-state index in [-0.39, 0.29) is 11.3 Å². The van der Waals surface area contributed by atoms with Gasteiger partial charge in [-0.3, -0.25) is 14.9 Å². The maximum absolute atomic E-state index is 12.0. The number of nitro groups is 1. The number of hydrogen-bond acceptors (Lipinski definition) is 5. The molecule has 29 heavy (non-hydrogen) atoms. The molecule has 2 aromatic carbocycles. The predicted octanol–water partition coefficient (Wildman–Crippen LogP) is 4.51. The van der Waals surface area contributed by atoms with Gasteiger partial charge >= 0.3 is 5.97 Å². The first kappa shape index (κ1) is 19.6. The first-order chi connectivity index (χ1) is 13.8. The SMILES string of the molecule is Cc1ccc(-c2ccc(/C=C/C(=O)Nc3cccc(C(=O)O)c3)o2)c([N+](=O)[O-])c1. The number of nitro benzene ring substituents is 1. The fraction of sp³-hybridized carbons (Fsp3) is 0.0476. The van der Waals surface area contributed by atoms with Gasteiger partial charge in [0.05, 0.1) is 16.1 Å². The number of carboxylic acids is 1. The molecule has 0 fully saturated rings. The first-order valence-corrected chi connectivity index (χ1v) is 8.51. The van der Waals surface area contributed by atoms with E-state index in [9.17, 15) is 19.7 Å². The van der Waals surface area contributed by atoms with Crippen molar-refractivity contribution >= 4 is 29.3 Å². The number of amides is 1. The maximum Gasteiger partial charge on any atom is 0.335 e. The van der Waals surface area contributed by atoms with Gasteiger partial charge in [0, 0.05) is 17.8 Å². The monoisotopic (exact) mass is 392 g/mol. The zero-order valence-electron chi connectivity index (χ0n) is 15.3. The van der Waals surface area contributed by atoms with Crippen molar-refractivity contribution < 1.29 is 24.0 Å².